The number of ketones is 2. The van der Waals surface area contributed by atoms with Crippen LogP contribution in [0.1, 0.15) is 29.5 Å². The van der Waals surface area contributed by atoms with Crippen LogP contribution in [0.25, 0.3) is 6.08 Å². The van der Waals surface area contributed by atoms with Crippen LogP contribution < -0.4 is 4.74 Å². The number of rotatable bonds is 8. The topological polar surface area (TPSA) is 55.7 Å². The van der Waals surface area contributed by atoms with Crippen molar-refractivity contribution in [3.63, 3.8) is 0 Å². The van der Waals surface area contributed by atoms with Crippen molar-refractivity contribution in [3.8, 4) is 5.75 Å². The predicted octanol–water partition coefficient (Wildman–Crippen LogP) is 7.38. The maximum Gasteiger partial charge on any atom is 0.169 e. The number of allylic oxidation sites excluding steroid dienone is 3. The molecule has 4 aromatic carbocycles. The molecule has 4 nitrogen and oxygen atoms in total. The summed E-state index contributed by atoms with van der Waals surface area (Å²) < 4.78 is 6.06. The van der Waals surface area contributed by atoms with Crippen LogP contribution in [0.4, 0.5) is 5.69 Å². The van der Waals surface area contributed by atoms with Gasteiger partial charge in [0, 0.05) is 29.7 Å². The molecule has 0 spiro atoms. The van der Waals surface area contributed by atoms with E-state index in [0.29, 0.717) is 24.4 Å². The summed E-state index contributed by atoms with van der Waals surface area (Å²) in [4.78, 5) is 30.3. The molecular formula is C34H27NO3. The van der Waals surface area contributed by atoms with Crippen molar-refractivity contribution in [1.29, 1.82) is 0 Å². The Morgan fingerprint density at radius 2 is 1.42 bits per heavy atom. The van der Waals surface area contributed by atoms with Crippen molar-refractivity contribution in [2.75, 3.05) is 0 Å². The minimum Gasteiger partial charge on any atom is -0.462 e. The Labute approximate surface area is 222 Å². The molecule has 4 heteroatoms. The van der Waals surface area contributed by atoms with Crippen LogP contribution in [0.2, 0.25) is 0 Å². The van der Waals surface area contributed by atoms with Crippen LogP contribution >= 0.6 is 0 Å². The molecule has 0 fully saturated rings. The van der Waals surface area contributed by atoms with Gasteiger partial charge in [-0.25, -0.2) is 4.99 Å². The summed E-state index contributed by atoms with van der Waals surface area (Å²) >= 11 is 0. The molecule has 0 heterocycles. The second-order valence-corrected chi connectivity index (χ2v) is 9.04. The zero-order valence-electron chi connectivity index (χ0n) is 20.9. The summed E-state index contributed by atoms with van der Waals surface area (Å²) in [6, 6.07) is 37.2. The Morgan fingerprint density at radius 3 is 2.05 bits per heavy atom. The van der Waals surface area contributed by atoms with E-state index >= 15 is 0 Å². The Balaban J connectivity index is 1.31. The summed E-state index contributed by atoms with van der Waals surface area (Å²) in [7, 11) is 0. The van der Waals surface area contributed by atoms with Crippen molar-refractivity contribution in [2.45, 2.75) is 12.8 Å². The number of hydrogen-bond donors (Lipinski definition) is 0. The van der Waals surface area contributed by atoms with E-state index < -0.39 is 5.92 Å². The smallest absolute Gasteiger partial charge is 0.169 e. The first-order chi connectivity index (χ1) is 18.7. The van der Waals surface area contributed by atoms with Gasteiger partial charge in [0.05, 0.1) is 17.3 Å². The number of ether oxygens (including phenoxy) is 1. The van der Waals surface area contributed by atoms with Gasteiger partial charge in [-0.05, 0) is 30.2 Å². The summed E-state index contributed by atoms with van der Waals surface area (Å²) in [5.74, 6) is 0.0778. The third kappa shape index (κ3) is 6.29. The van der Waals surface area contributed by atoms with E-state index in [4.69, 9.17) is 9.73 Å². The number of hydrogen-bond acceptors (Lipinski definition) is 4. The van der Waals surface area contributed by atoms with Crippen molar-refractivity contribution >= 4 is 29.0 Å². The predicted molar refractivity (Wildman–Crippen MR) is 152 cm³/mol. The average molecular weight is 498 g/mol. The number of carbonyl (C=O) groups excluding carboxylic acids is 2. The molecule has 0 N–H and O–H groups in total. The summed E-state index contributed by atoms with van der Waals surface area (Å²) in [5, 5.41) is 0. The highest BCUT2D eigenvalue weighted by molar-refractivity contribution is 6.14. The first-order valence-corrected chi connectivity index (χ1v) is 12.6. The van der Waals surface area contributed by atoms with E-state index in [1.54, 1.807) is 6.08 Å². The van der Waals surface area contributed by atoms with Gasteiger partial charge in [-0.3, -0.25) is 9.59 Å². The lowest BCUT2D eigenvalue weighted by Gasteiger charge is -2.19. The van der Waals surface area contributed by atoms with E-state index in [9.17, 15) is 9.59 Å². The highest BCUT2D eigenvalue weighted by atomic mass is 16.5. The van der Waals surface area contributed by atoms with Gasteiger partial charge in [-0.2, -0.15) is 0 Å². The fourth-order valence-corrected chi connectivity index (χ4v) is 4.37. The molecule has 186 valence electrons. The summed E-state index contributed by atoms with van der Waals surface area (Å²) in [6.45, 7) is 0. The molecule has 1 unspecified atom stereocenters. The fraction of sp³-hybridized carbons (Fsp3) is 0.0882. The van der Waals surface area contributed by atoms with Gasteiger partial charge in [-0.15, -0.1) is 0 Å². The highest BCUT2D eigenvalue weighted by Gasteiger charge is 2.28. The van der Waals surface area contributed by atoms with Gasteiger partial charge in [-0.1, -0.05) is 103 Å². The minimum absolute atomic E-state index is 0.181. The molecule has 0 aromatic heterocycles. The molecule has 0 saturated carbocycles. The molecule has 38 heavy (non-hydrogen) atoms. The standard InChI is InChI=1S/C34H27NO3/c36-32(22-19-25-11-4-1-5-12-25)31-21-20-30(24-33(31)37)38-29-18-10-17-28(23-29)35-34(26-13-6-2-7-14-26)27-15-8-3-9-16-27/h1-19,22-24,31H,20-21H2/b22-19+. The van der Waals surface area contributed by atoms with Gasteiger partial charge in [0.2, 0.25) is 0 Å². The van der Waals surface area contributed by atoms with Crippen LogP contribution in [0.15, 0.2) is 138 Å². The SMILES string of the molecule is O=C1C=C(Oc2cccc(N=C(c3ccccc3)c3ccccc3)c2)CCC1C(=O)/C=C/c1ccccc1. The molecule has 0 amide bonds. The summed E-state index contributed by atoms with van der Waals surface area (Å²) in [5.41, 5.74) is 4.56. The molecular weight excluding hydrogens is 470 g/mol. The molecule has 4 aromatic rings. The summed E-state index contributed by atoms with van der Waals surface area (Å²) in [6.07, 6.45) is 5.63. The maximum absolute atomic E-state index is 12.7. The quantitative estimate of drug-likeness (QED) is 0.145. The van der Waals surface area contributed by atoms with Gasteiger partial charge in [0.25, 0.3) is 0 Å². The lowest BCUT2D eigenvalue weighted by molar-refractivity contribution is -0.128. The van der Waals surface area contributed by atoms with E-state index in [0.717, 1.165) is 28.1 Å². The molecule has 1 aliphatic carbocycles. The molecule has 0 bridgehead atoms. The Bertz CT molecular complexity index is 1460. The van der Waals surface area contributed by atoms with Crippen LogP contribution in [0, 0.1) is 5.92 Å². The Kier molecular flexibility index (Phi) is 7.80. The second kappa shape index (κ2) is 11.9. The van der Waals surface area contributed by atoms with Crippen molar-refractivity contribution in [2.24, 2.45) is 10.9 Å². The second-order valence-electron chi connectivity index (χ2n) is 9.04. The van der Waals surface area contributed by atoms with Crippen LogP contribution in [-0.2, 0) is 9.59 Å². The third-order valence-electron chi connectivity index (χ3n) is 6.31. The molecule has 0 saturated heterocycles. The van der Waals surface area contributed by atoms with Crippen LogP contribution in [-0.4, -0.2) is 17.3 Å². The van der Waals surface area contributed by atoms with Crippen LogP contribution in [0.3, 0.4) is 0 Å². The molecule has 1 atom stereocenters. The normalized spacial score (nSPS) is 15.1. The van der Waals surface area contributed by atoms with Gasteiger partial charge < -0.3 is 4.74 Å². The molecule has 0 radical (unpaired) electrons. The van der Waals surface area contributed by atoms with Crippen molar-refractivity contribution < 1.29 is 14.3 Å². The molecule has 5 rings (SSSR count). The minimum atomic E-state index is -0.669. The lowest BCUT2D eigenvalue weighted by atomic mass is 9.88. The number of aliphatic imine (C=N–C) groups is 1. The average Bonchev–Trinajstić information content (AvgIpc) is 2.96. The lowest BCUT2D eigenvalue weighted by Crippen LogP contribution is -2.25. The van der Waals surface area contributed by atoms with E-state index in [1.165, 1.54) is 12.2 Å². The zero-order valence-corrected chi connectivity index (χ0v) is 20.9. The molecule has 0 aliphatic heterocycles. The largest absolute Gasteiger partial charge is 0.462 e. The number of nitrogens with zero attached hydrogens (tertiary/aromatic N) is 1. The monoisotopic (exact) mass is 497 g/mol. The Hall–Kier alpha value is -4.83. The fourth-order valence-electron chi connectivity index (χ4n) is 4.37. The van der Waals surface area contributed by atoms with Gasteiger partial charge in [0.15, 0.2) is 11.6 Å². The number of carbonyl (C=O) groups is 2. The van der Waals surface area contributed by atoms with Crippen molar-refractivity contribution in [3.05, 3.63) is 150 Å². The maximum atomic E-state index is 12.7. The highest BCUT2D eigenvalue weighted by Crippen LogP contribution is 2.28. The Morgan fingerprint density at radius 1 is 0.789 bits per heavy atom. The van der Waals surface area contributed by atoms with Gasteiger partial charge >= 0.3 is 0 Å². The third-order valence-corrected chi connectivity index (χ3v) is 6.31. The number of benzene rings is 4. The first kappa shape index (κ1) is 24.8. The zero-order chi connectivity index (χ0) is 26.2. The van der Waals surface area contributed by atoms with E-state index in [-0.39, 0.29) is 11.6 Å². The first-order valence-electron chi connectivity index (χ1n) is 12.6. The van der Waals surface area contributed by atoms with E-state index in [2.05, 4.69) is 0 Å². The van der Waals surface area contributed by atoms with Crippen molar-refractivity contribution in [1.82, 2.24) is 0 Å². The molecule has 1 aliphatic rings. The van der Waals surface area contributed by atoms with Crippen LogP contribution in [0.5, 0.6) is 5.75 Å². The van der Waals surface area contributed by atoms with E-state index in [1.807, 2.05) is 115 Å². The van der Waals surface area contributed by atoms with Gasteiger partial charge in [0.1, 0.15) is 11.5 Å².